The molecule has 2 rings (SSSR count). The fourth-order valence-electron chi connectivity index (χ4n) is 3.29. The maximum absolute atomic E-state index is 9.16. The summed E-state index contributed by atoms with van der Waals surface area (Å²) in [5.74, 6) is 1.67. The maximum atomic E-state index is 9.16. The molecule has 0 spiro atoms. The Morgan fingerprint density at radius 3 is 2.32 bits per heavy atom. The number of aliphatic hydroxyl groups excluding tert-OH is 1. The van der Waals surface area contributed by atoms with Crippen LogP contribution in [0.2, 0.25) is 0 Å². The molecule has 5 heteroatoms. The van der Waals surface area contributed by atoms with Crippen LogP contribution in [0.15, 0.2) is 42.5 Å². The molecule has 31 heavy (non-hydrogen) atoms. The Balaban J connectivity index is 1.79. The van der Waals surface area contributed by atoms with Crippen LogP contribution in [0.3, 0.4) is 0 Å². The number of unbranched alkanes of at least 4 members (excludes halogenated alkanes) is 7. The van der Waals surface area contributed by atoms with Crippen molar-refractivity contribution in [2.75, 3.05) is 19.8 Å². The van der Waals surface area contributed by atoms with Crippen LogP contribution in [-0.2, 0) is 6.42 Å². The van der Waals surface area contributed by atoms with E-state index in [4.69, 9.17) is 19.6 Å². The van der Waals surface area contributed by atoms with Gasteiger partial charge >= 0.3 is 0 Å². The van der Waals surface area contributed by atoms with Crippen molar-refractivity contribution in [3.8, 4) is 11.5 Å². The van der Waals surface area contributed by atoms with Crippen molar-refractivity contribution in [2.24, 2.45) is 0 Å². The third kappa shape index (κ3) is 10.5. The molecular formula is C26H36INO3. The van der Waals surface area contributed by atoms with E-state index in [1.165, 1.54) is 44.9 Å². The van der Waals surface area contributed by atoms with Gasteiger partial charge in [-0.15, -0.1) is 0 Å². The highest BCUT2D eigenvalue weighted by Gasteiger charge is 2.06. The van der Waals surface area contributed by atoms with Gasteiger partial charge in [-0.1, -0.05) is 70.1 Å². The lowest BCUT2D eigenvalue weighted by atomic mass is 10.1. The van der Waals surface area contributed by atoms with Crippen LogP contribution in [0, 0.1) is 3.57 Å². The number of nitrogens with zero attached hydrogens (tertiary/aromatic N) is 1. The largest absolute Gasteiger partial charge is 0.492 e. The number of para-hydroxylation sites is 1. The van der Waals surface area contributed by atoms with Crippen molar-refractivity contribution in [1.82, 2.24) is 4.98 Å². The number of hydrogen-bond acceptors (Lipinski definition) is 4. The van der Waals surface area contributed by atoms with Gasteiger partial charge in [0.25, 0.3) is 0 Å². The standard InChI is InChI=1S/C26H36INO3/c1-2-3-4-5-6-7-8-11-20-30-26-17-16-22(28-24(26)14-12-19-29)18-21-31-25-15-10-9-13-23(25)27/h9-10,12-17,29H,2-8,11,18-21H2,1H3. The second-order valence-corrected chi connectivity index (χ2v) is 8.79. The zero-order chi connectivity index (χ0) is 22.2. The molecule has 0 saturated heterocycles. The quantitative estimate of drug-likeness (QED) is 0.188. The molecule has 0 bridgehead atoms. The zero-order valence-corrected chi connectivity index (χ0v) is 20.9. The number of aliphatic hydroxyl groups is 1. The van der Waals surface area contributed by atoms with Gasteiger partial charge in [0.1, 0.15) is 17.2 Å². The van der Waals surface area contributed by atoms with Crippen molar-refractivity contribution in [3.63, 3.8) is 0 Å². The monoisotopic (exact) mass is 537 g/mol. The first-order chi connectivity index (χ1) is 15.2. The third-order valence-corrected chi connectivity index (χ3v) is 5.92. The van der Waals surface area contributed by atoms with E-state index in [-0.39, 0.29) is 6.61 Å². The van der Waals surface area contributed by atoms with Gasteiger partial charge in [-0.05, 0) is 59.4 Å². The molecule has 0 saturated carbocycles. The highest BCUT2D eigenvalue weighted by molar-refractivity contribution is 14.1. The van der Waals surface area contributed by atoms with Gasteiger partial charge in [0.15, 0.2) is 0 Å². The fourth-order valence-corrected chi connectivity index (χ4v) is 3.84. The second kappa shape index (κ2) is 16.1. The Labute approximate surface area is 201 Å². The summed E-state index contributed by atoms with van der Waals surface area (Å²) in [5, 5.41) is 9.16. The lowest BCUT2D eigenvalue weighted by Crippen LogP contribution is -2.06. The molecule has 0 unspecified atom stereocenters. The summed E-state index contributed by atoms with van der Waals surface area (Å²) in [7, 11) is 0. The Kier molecular flexibility index (Phi) is 13.3. The van der Waals surface area contributed by atoms with E-state index < -0.39 is 0 Å². The molecule has 0 aliphatic heterocycles. The van der Waals surface area contributed by atoms with Crippen molar-refractivity contribution in [1.29, 1.82) is 0 Å². The molecule has 0 aliphatic rings. The van der Waals surface area contributed by atoms with Crippen LogP contribution in [0.5, 0.6) is 11.5 Å². The molecule has 0 amide bonds. The van der Waals surface area contributed by atoms with Crippen molar-refractivity contribution >= 4 is 28.7 Å². The summed E-state index contributed by atoms with van der Waals surface area (Å²) in [6.45, 7) is 3.50. The van der Waals surface area contributed by atoms with Crippen LogP contribution in [-0.4, -0.2) is 29.9 Å². The Bertz CT molecular complexity index is 779. The number of ether oxygens (including phenoxy) is 2. The molecule has 1 heterocycles. The number of aromatic nitrogens is 1. The number of rotatable bonds is 16. The first kappa shape index (κ1) is 25.7. The van der Waals surface area contributed by atoms with E-state index in [9.17, 15) is 0 Å². The lowest BCUT2D eigenvalue weighted by molar-refractivity contribution is 0.301. The summed E-state index contributed by atoms with van der Waals surface area (Å²) < 4.78 is 13.0. The molecule has 2 aromatic rings. The molecule has 1 aromatic heterocycles. The smallest absolute Gasteiger partial charge is 0.144 e. The third-order valence-electron chi connectivity index (χ3n) is 5.03. The number of hydrogen-bond donors (Lipinski definition) is 1. The molecule has 0 radical (unpaired) electrons. The number of pyridine rings is 1. The minimum atomic E-state index is -0.0149. The van der Waals surface area contributed by atoms with Gasteiger partial charge in [-0.2, -0.15) is 0 Å². The molecule has 0 fully saturated rings. The fraction of sp³-hybridized carbons (Fsp3) is 0.500. The van der Waals surface area contributed by atoms with E-state index in [1.807, 2.05) is 42.5 Å². The van der Waals surface area contributed by atoms with Crippen molar-refractivity contribution < 1.29 is 14.6 Å². The topological polar surface area (TPSA) is 51.6 Å². The van der Waals surface area contributed by atoms with Crippen LogP contribution in [0.1, 0.15) is 69.7 Å². The second-order valence-electron chi connectivity index (χ2n) is 7.62. The minimum Gasteiger partial charge on any atom is -0.492 e. The zero-order valence-electron chi connectivity index (χ0n) is 18.7. The van der Waals surface area contributed by atoms with Crippen molar-refractivity contribution in [2.45, 2.75) is 64.7 Å². The van der Waals surface area contributed by atoms with Gasteiger partial charge in [0.2, 0.25) is 0 Å². The predicted molar refractivity (Wildman–Crippen MR) is 137 cm³/mol. The number of benzene rings is 1. The molecule has 0 atom stereocenters. The van der Waals surface area contributed by atoms with E-state index in [1.54, 1.807) is 6.08 Å². The van der Waals surface area contributed by atoms with Crippen LogP contribution >= 0.6 is 22.6 Å². The molecular weight excluding hydrogens is 501 g/mol. The van der Waals surface area contributed by atoms with Crippen LogP contribution in [0.25, 0.3) is 6.08 Å². The maximum Gasteiger partial charge on any atom is 0.144 e. The predicted octanol–water partition coefficient (Wildman–Crippen LogP) is 6.83. The van der Waals surface area contributed by atoms with E-state index in [0.717, 1.165) is 32.9 Å². The molecule has 4 nitrogen and oxygen atoms in total. The van der Waals surface area contributed by atoms with E-state index >= 15 is 0 Å². The van der Waals surface area contributed by atoms with Gasteiger partial charge < -0.3 is 14.6 Å². The summed E-state index contributed by atoms with van der Waals surface area (Å²) >= 11 is 2.28. The summed E-state index contributed by atoms with van der Waals surface area (Å²) in [4.78, 5) is 4.72. The summed E-state index contributed by atoms with van der Waals surface area (Å²) in [6.07, 6.45) is 14.5. The first-order valence-electron chi connectivity index (χ1n) is 11.5. The summed E-state index contributed by atoms with van der Waals surface area (Å²) in [6, 6.07) is 12.0. The SMILES string of the molecule is CCCCCCCCCCOc1ccc(CCOc2ccccc2I)nc1C=CCO. The lowest BCUT2D eigenvalue weighted by Gasteiger charge is -2.11. The minimum absolute atomic E-state index is 0.0149. The van der Waals surface area contributed by atoms with Gasteiger partial charge in [0.05, 0.1) is 23.4 Å². The average Bonchev–Trinajstić information content (AvgIpc) is 2.78. The van der Waals surface area contributed by atoms with Crippen LogP contribution < -0.4 is 9.47 Å². The molecule has 170 valence electrons. The Morgan fingerprint density at radius 1 is 0.871 bits per heavy atom. The number of halogens is 1. The Morgan fingerprint density at radius 2 is 1.58 bits per heavy atom. The van der Waals surface area contributed by atoms with E-state index in [0.29, 0.717) is 19.6 Å². The van der Waals surface area contributed by atoms with E-state index in [2.05, 4.69) is 29.5 Å². The van der Waals surface area contributed by atoms with Gasteiger partial charge in [0, 0.05) is 12.1 Å². The van der Waals surface area contributed by atoms with Crippen LogP contribution in [0.4, 0.5) is 0 Å². The highest BCUT2D eigenvalue weighted by Crippen LogP contribution is 2.22. The Hall–Kier alpha value is -1.60. The first-order valence-corrected chi connectivity index (χ1v) is 12.6. The van der Waals surface area contributed by atoms with Gasteiger partial charge in [-0.25, -0.2) is 4.98 Å². The average molecular weight is 537 g/mol. The van der Waals surface area contributed by atoms with Crippen molar-refractivity contribution in [3.05, 3.63) is 57.4 Å². The molecule has 1 aromatic carbocycles. The highest BCUT2D eigenvalue weighted by atomic mass is 127. The van der Waals surface area contributed by atoms with Gasteiger partial charge in [-0.3, -0.25) is 0 Å². The normalized spacial score (nSPS) is 11.2. The molecule has 1 N–H and O–H groups in total. The summed E-state index contributed by atoms with van der Waals surface area (Å²) in [5.41, 5.74) is 1.71. The molecule has 0 aliphatic carbocycles.